The molecule has 0 aromatic carbocycles. The number of allylic oxidation sites excluding steroid dienone is 1. The van der Waals surface area contributed by atoms with Gasteiger partial charge in [0.25, 0.3) is 0 Å². The number of carbonyl (C=O) groups is 1. The van der Waals surface area contributed by atoms with E-state index in [9.17, 15) is 4.79 Å². The molecule has 0 heterocycles. The van der Waals surface area contributed by atoms with Crippen LogP contribution in [0.3, 0.4) is 0 Å². The first-order valence-electron chi connectivity index (χ1n) is 5.47. The van der Waals surface area contributed by atoms with Gasteiger partial charge in [0.1, 0.15) is 0 Å². The van der Waals surface area contributed by atoms with Gasteiger partial charge in [0.2, 0.25) is 0 Å². The Hall–Kier alpha value is -0.790. The van der Waals surface area contributed by atoms with Gasteiger partial charge in [-0.15, -0.1) is 0 Å². The van der Waals surface area contributed by atoms with Crippen LogP contribution in [0.2, 0.25) is 0 Å². The van der Waals surface area contributed by atoms with E-state index in [4.69, 9.17) is 7.48 Å². The molecule has 0 N–H and O–H groups in total. The second-order valence-corrected chi connectivity index (χ2v) is 3.13. The van der Waals surface area contributed by atoms with Crippen molar-refractivity contribution in [3.8, 4) is 0 Å². The van der Waals surface area contributed by atoms with Crippen LogP contribution in [0.1, 0.15) is 35.3 Å². The first kappa shape index (κ1) is 6.70. The number of carbonyl (C=O) groups excluding carboxylic acids is 1. The average Bonchev–Trinajstić information content (AvgIpc) is 2.18. The molecule has 0 aromatic rings. The SMILES string of the molecule is [2H]C([2H])=C1CCC(C(=O)OCC)CC1. The lowest BCUT2D eigenvalue weighted by Gasteiger charge is -2.21. The van der Waals surface area contributed by atoms with Gasteiger partial charge < -0.3 is 4.74 Å². The van der Waals surface area contributed by atoms with E-state index in [0.717, 1.165) is 18.4 Å². The minimum Gasteiger partial charge on any atom is -0.466 e. The van der Waals surface area contributed by atoms with E-state index in [1.807, 2.05) is 0 Å². The van der Waals surface area contributed by atoms with E-state index in [-0.39, 0.29) is 18.4 Å². The first-order chi connectivity index (χ1) is 6.65. The van der Waals surface area contributed by atoms with Gasteiger partial charge in [-0.2, -0.15) is 0 Å². The Bertz CT molecular complexity index is 235. The summed E-state index contributed by atoms with van der Waals surface area (Å²) in [6, 6.07) is 0. The summed E-state index contributed by atoms with van der Waals surface area (Å²) in [5.74, 6) is -0.138. The first-order valence-corrected chi connectivity index (χ1v) is 4.47. The summed E-state index contributed by atoms with van der Waals surface area (Å²) in [7, 11) is 0. The molecule has 1 aliphatic carbocycles. The molecule has 68 valence electrons. The Morgan fingerprint density at radius 1 is 1.75 bits per heavy atom. The van der Waals surface area contributed by atoms with E-state index in [1.165, 1.54) is 0 Å². The predicted molar refractivity (Wildman–Crippen MR) is 47.7 cm³/mol. The van der Waals surface area contributed by atoms with Gasteiger partial charge in [0.05, 0.1) is 15.3 Å². The number of ether oxygens (including phenoxy) is 1. The van der Waals surface area contributed by atoms with E-state index in [1.54, 1.807) is 6.92 Å². The molecule has 0 bridgehead atoms. The van der Waals surface area contributed by atoms with Gasteiger partial charge >= 0.3 is 5.97 Å². The average molecular weight is 170 g/mol. The van der Waals surface area contributed by atoms with Gasteiger partial charge in [-0.1, -0.05) is 12.1 Å². The van der Waals surface area contributed by atoms with Crippen molar-refractivity contribution >= 4 is 5.97 Å². The maximum absolute atomic E-state index is 11.3. The highest BCUT2D eigenvalue weighted by Crippen LogP contribution is 2.27. The summed E-state index contributed by atoms with van der Waals surface area (Å²) in [5.41, 5.74) is 0.866. The summed E-state index contributed by atoms with van der Waals surface area (Å²) >= 11 is 0. The molecule has 1 aliphatic rings. The number of hydrogen-bond acceptors (Lipinski definition) is 2. The molecule has 0 amide bonds. The standard InChI is InChI=1S/C10H16O2/c1-3-12-10(11)9-6-4-8(2)5-7-9/h9H,2-7H2,1H3/i2D2. The molecule has 0 unspecified atom stereocenters. The molecule has 0 saturated heterocycles. The third-order valence-electron chi connectivity index (χ3n) is 2.21. The van der Waals surface area contributed by atoms with Gasteiger partial charge in [0.15, 0.2) is 0 Å². The third kappa shape index (κ3) is 2.36. The van der Waals surface area contributed by atoms with Crippen molar-refractivity contribution < 1.29 is 12.3 Å². The van der Waals surface area contributed by atoms with E-state index in [0.29, 0.717) is 19.4 Å². The Morgan fingerprint density at radius 3 is 2.92 bits per heavy atom. The van der Waals surface area contributed by atoms with Crippen LogP contribution in [-0.4, -0.2) is 12.6 Å². The van der Waals surface area contributed by atoms with Crippen molar-refractivity contribution in [2.24, 2.45) is 5.92 Å². The van der Waals surface area contributed by atoms with E-state index >= 15 is 0 Å². The molecule has 1 saturated carbocycles. The largest absolute Gasteiger partial charge is 0.466 e. The molecule has 1 rings (SSSR count). The van der Waals surface area contributed by atoms with Gasteiger partial charge in [0, 0.05) is 0 Å². The highest BCUT2D eigenvalue weighted by molar-refractivity contribution is 5.72. The lowest BCUT2D eigenvalue weighted by Crippen LogP contribution is -2.20. The molecule has 12 heavy (non-hydrogen) atoms. The minimum atomic E-state index is -0.122. The fourth-order valence-electron chi connectivity index (χ4n) is 1.46. The van der Waals surface area contributed by atoms with Crippen molar-refractivity contribution in [3.05, 3.63) is 12.1 Å². The van der Waals surface area contributed by atoms with Crippen LogP contribution in [0.15, 0.2) is 12.1 Å². The molecule has 2 heteroatoms. The van der Waals surface area contributed by atoms with Crippen LogP contribution in [0, 0.1) is 5.92 Å². The number of esters is 1. The van der Waals surface area contributed by atoms with Crippen molar-refractivity contribution in [1.29, 1.82) is 0 Å². The van der Waals surface area contributed by atoms with Crippen molar-refractivity contribution in [3.63, 3.8) is 0 Å². The van der Waals surface area contributed by atoms with Gasteiger partial charge in [-0.25, -0.2) is 0 Å². The minimum absolute atomic E-state index is 0.0157. The van der Waals surface area contributed by atoms with Crippen LogP contribution in [0.25, 0.3) is 0 Å². The van der Waals surface area contributed by atoms with Gasteiger partial charge in [-0.3, -0.25) is 4.79 Å². The zero-order chi connectivity index (χ0) is 10.6. The molecule has 0 atom stereocenters. The summed E-state index contributed by atoms with van der Waals surface area (Å²) in [6.07, 6.45) is 2.86. The zero-order valence-corrected chi connectivity index (χ0v) is 7.43. The lowest BCUT2D eigenvalue weighted by molar-refractivity contribution is -0.148. The van der Waals surface area contributed by atoms with Crippen LogP contribution >= 0.6 is 0 Å². The third-order valence-corrected chi connectivity index (χ3v) is 2.21. The highest BCUT2D eigenvalue weighted by atomic mass is 16.5. The Labute approximate surface area is 76.4 Å². The zero-order valence-electron chi connectivity index (χ0n) is 9.43. The van der Waals surface area contributed by atoms with Crippen LogP contribution in [-0.2, 0) is 9.53 Å². The quantitative estimate of drug-likeness (QED) is 0.469. The maximum Gasteiger partial charge on any atom is 0.308 e. The summed E-state index contributed by atoms with van der Waals surface area (Å²) in [6.45, 7) is 2.16. The molecule has 1 fully saturated rings. The van der Waals surface area contributed by atoms with Crippen LogP contribution in [0.5, 0.6) is 0 Å². The van der Waals surface area contributed by atoms with Crippen molar-refractivity contribution in [1.82, 2.24) is 0 Å². The second kappa shape index (κ2) is 4.29. The molecule has 0 aromatic heterocycles. The molecule has 2 nitrogen and oxygen atoms in total. The number of hydrogen-bond donors (Lipinski definition) is 0. The number of rotatable bonds is 2. The maximum atomic E-state index is 11.3. The molecule has 0 radical (unpaired) electrons. The highest BCUT2D eigenvalue weighted by Gasteiger charge is 2.23. The Morgan fingerprint density at radius 2 is 2.42 bits per heavy atom. The smallest absolute Gasteiger partial charge is 0.308 e. The second-order valence-electron chi connectivity index (χ2n) is 3.13. The van der Waals surface area contributed by atoms with E-state index in [2.05, 4.69) is 0 Å². The molecule has 0 spiro atoms. The fourth-order valence-corrected chi connectivity index (χ4v) is 1.46. The normalized spacial score (nSPS) is 21.2. The summed E-state index contributed by atoms with van der Waals surface area (Å²) in [5, 5.41) is 0. The monoisotopic (exact) mass is 170 g/mol. The molecular weight excluding hydrogens is 152 g/mol. The molecule has 0 aliphatic heterocycles. The fraction of sp³-hybridized carbons (Fsp3) is 0.700. The van der Waals surface area contributed by atoms with Gasteiger partial charge in [-0.05, 0) is 32.6 Å². The van der Waals surface area contributed by atoms with Crippen molar-refractivity contribution in [2.45, 2.75) is 32.6 Å². The summed E-state index contributed by atoms with van der Waals surface area (Å²) in [4.78, 5) is 11.3. The Kier molecular flexibility index (Phi) is 2.39. The van der Waals surface area contributed by atoms with Crippen molar-refractivity contribution in [2.75, 3.05) is 6.61 Å². The molecular formula is C10H16O2. The van der Waals surface area contributed by atoms with Crippen LogP contribution < -0.4 is 0 Å². The van der Waals surface area contributed by atoms with E-state index < -0.39 is 0 Å². The topological polar surface area (TPSA) is 26.3 Å². The Balaban J connectivity index is 2.43. The van der Waals surface area contributed by atoms with Crippen LogP contribution in [0.4, 0.5) is 0 Å². The summed E-state index contributed by atoms with van der Waals surface area (Å²) < 4.78 is 19.2. The lowest BCUT2D eigenvalue weighted by atomic mass is 9.87. The predicted octanol–water partition coefficient (Wildman–Crippen LogP) is 2.30.